The predicted molar refractivity (Wildman–Crippen MR) is 78.3 cm³/mol. The molecule has 0 aromatic rings. The summed E-state index contributed by atoms with van der Waals surface area (Å²) in [6.45, 7) is 9.92. The summed E-state index contributed by atoms with van der Waals surface area (Å²) in [5.74, 6) is 0.354. The highest BCUT2D eigenvalue weighted by Gasteiger charge is 2.30. The third kappa shape index (κ3) is 5.80. The molecule has 5 heteroatoms. The third-order valence-corrected chi connectivity index (χ3v) is 3.42. The van der Waals surface area contributed by atoms with Crippen LogP contribution in [0.15, 0.2) is 0 Å². The Morgan fingerprint density at radius 2 is 1.90 bits per heavy atom. The van der Waals surface area contributed by atoms with Gasteiger partial charge in [0.15, 0.2) is 0 Å². The first-order valence-electron chi connectivity index (χ1n) is 7.46. The number of alkyl carbamates (subject to hydrolysis) is 1. The second-order valence-corrected chi connectivity index (χ2v) is 6.84. The molecule has 0 spiro atoms. The Kier molecular flexibility index (Phi) is 5.84. The van der Waals surface area contributed by atoms with E-state index in [4.69, 9.17) is 4.74 Å². The second kappa shape index (κ2) is 6.95. The lowest BCUT2D eigenvalue weighted by atomic mass is 10.0. The summed E-state index contributed by atoms with van der Waals surface area (Å²) in [7, 11) is 0. The molecule has 20 heavy (non-hydrogen) atoms. The molecule has 0 aliphatic heterocycles. The molecular weight excluding hydrogens is 256 g/mol. The summed E-state index contributed by atoms with van der Waals surface area (Å²) < 4.78 is 5.27. The van der Waals surface area contributed by atoms with Gasteiger partial charge in [-0.1, -0.05) is 20.3 Å². The van der Waals surface area contributed by atoms with Gasteiger partial charge in [-0.25, -0.2) is 4.79 Å². The van der Waals surface area contributed by atoms with E-state index in [0.29, 0.717) is 12.5 Å². The molecule has 5 nitrogen and oxygen atoms in total. The molecule has 0 bridgehead atoms. The highest BCUT2D eigenvalue weighted by Crippen LogP contribution is 2.25. The van der Waals surface area contributed by atoms with Gasteiger partial charge in [-0.2, -0.15) is 0 Å². The van der Waals surface area contributed by atoms with Crippen LogP contribution in [-0.2, 0) is 9.53 Å². The molecule has 2 amide bonds. The van der Waals surface area contributed by atoms with Crippen molar-refractivity contribution in [2.75, 3.05) is 6.54 Å². The van der Waals surface area contributed by atoms with Crippen molar-refractivity contribution in [3.05, 3.63) is 0 Å². The Labute approximate surface area is 121 Å². The predicted octanol–water partition coefficient (Wildman–Crippen LogP) is 2.45. The van der Waals surface area contributed by atoms with E-state index in [1.807, 2.05) is 34.6 Å². The minimum atomic E-state index is -0.482. The van der Waals surface area contributed by atoms with Crippen LogP contribution < -0.4 is 10.6 Å². The minimum absolute atomic E-state index is 0.00586. The molecule has 2 atom stereocenters. The number of carbonyl (C=O) groups excluding carboxylic acids is 2. The Morgan fingerprint density at radius 3 is 2.45 bits per heavy atom. The van der Waals surface area contributed by atoms with Gasteiger partial charge in [-0.05, 0) is 39.5 Å². The van der Waals surface area contributed by atoms with Crippen molar-refractivity contribution in [1.29, 1.82) is 0 Å². The Balaban J connectivity index is 2.41. The molecule has 0 aromatic heterocycles. The summed E-state index contributed by atoms with van der Waals surface area (Å²) in [6, 6.07) is 0.0947. The number of hydrogen-bond donors (Lipinski definition) is 2. The number of amides is 2. The van der Waals surface area contributed by atoms with Gasteiger partial charge >= 0.3 is 6.09 Å². The van der Waals surface area contributed by atoms with Crippen LogP contribution in [0.1, 0.15) is 53.9 Å². The Bertz CT molecular complexity index is 348. The molecule has 0 saturated heterocycles. The normalized spacial score (nSPS) is 22.7. The molecule has 1 aliphatic rings. The summed E-state index contributed by atoms with van der Waals surface area (Å²) in [6.07, 6.45) is 2.67. The number of carbonyl (C=O) groups is 2. The lowest BCUT2D eigenvalue weighted by Crippen LogP contribution is -2.44. The molecule has 1 aliphatic carbocycles. The molecule has 1 fully saturated rings. The lowest BCUT2D eigenvalue weighted by molar-refractivity contribution is -0.124. The quantitative estimate of drug-likeness (QED) is 0.833. The van der Waals surface area contributed by atoms with E-state index >= 15 is 0 Å². The van der Waals surface area contributed by atoms with Crippen molar-refractivity contribution in [3.8, 4) is 0 Å². The summed E-state index contributed by atoms with van der Waals surface area (Å²) in [5.41, 5.74) is -0.482. The van der Waals surface area contributed by atoms with Gasteiger partial charge in [0.25, 0.3) is 0 Å². The monoisotopic (exact) mass is 284 g/mol. The van der Waals surface area contributed by atoms with Crippen LogP contribution in [0.5, 0.6) is 0 Å². The van der Waals surface area contributed by atoms with E-state index in [1.165, 1.54) is 0 Å². The average molecular weight is 284 g/mol. The first-order chi connectivity index (χ1) is 9.19. The minimum Gasteiger partial charge on any atom is -0.444 e. The maximum Gasteiger partial charge on any atom is 0.407 e. The standard InChI is InChI=1S/C15H28N2O3/c1-10(2)13(18)16-9-11-7-6-8-12(11)17-14(19)20-15(3,4)5/h10-12H,6-9H2,1-5H3,(H,16,18)(H,17,19). The molecule has 0 aromatic carbocycles. The van der Waals surface area contributed by atoms with Crippen molar-refractivity contribution >= 4 is 12.0 Å². The van der Waals surface area contributed by atoms with E-state index in [9.17, 15) is 9.59 Å². The molecule has 2 unspecified atom stereocenters. The molecule has 1 saturated carbocycles. The topological polar surface area (TPSA) is 67.4 Å². The van der Waals surface area contributed by atoms with Gasteiger partial charge in [-0.15, -0.1) is 0 Å². The van der Waals surface area contributed by atoms with Crippen molar-refractivity contribution in [2.24, 2.45) is 11.8 Å². The van der Waals surface area contributed by atoms with Gasteiger partial charge in [0.05, 0.1) is 0 Å². The van der Waals surface area contributed by atoms with Crippen LogP contribution in [0, 0.1) is 11.8 Å². The fraction of sp³-hybridized carbons (Fsp3) is 0.867. The van der Waals surface area contributed by atoms with Crippen molar-refractivity contribution in [2.45, 2.75) is 65.5 Å². The molecule has 1 rings (SSSR count). The molecule has 0 radical (unpaired) electrons. The first kappa shape index (κ1) is 16.8. The van der Waals surface area contributed by atoms with Gasteiger partial charge in [0.1, 0.15) is 5.60 Å². The maximum absolute atomic E-state index is 11.8. The van der Waals surface area contributed by atoms with Gasteiger partial charge in [-0.3, -0.25) is 4.79 Å². The third-order valence-electron chi connectivity index (χ3n) is 3.42. The fourth-order valence-corrected chi connectivity index (χ4v) is 2.37. The van der Waals surface area contributed by atoms with Crippen molar-refractivity contribution in [1.82, 2.24) is 10.6 Å². The number of ether oxygens (including phenoxy) is 1. The van der Waals surface area contributed by atoms with E-state index in [0.717, 1.165) is 19.3 Å². The highest BCUT2D eigenvalue weighted by molar-refractivity contribution is 5.77. The van der Waals surface area contributed by atoms with E-state index in [2.05, 4.69) is 10.6 Å². The van der Waals surface area contributed by atoms with Crippen LogP contribution in [0.2, 0.25) is 0 Å². The molecular formula is C15H28N2O3. The number of hydrogen-bond acceptors (Lipinski definition) is 3. The zero-order valence-corrected chi connectivity index (χ0v) is 13.3. The first-order valence-corrected chi connectivity index (χ1v) is 7.46. The van der Waals surface area contributed by atoms with E-state index < -0.39 is 5.60 Å². The average Bonchev–Trinajstić information content (AvgIpc) is 2.70. The van der Waals surface area contributed by atoms with E-state index in [1.54, 1.807) is 0 Å². The summed E-state index contributed by atoms with van der Waals surface area (Å²) in [4.78, 5) is 23.4. The zero-order valence-electron chi connectivity index (χ0n) is 13.3. The van der Waals surface area contributed by atoms with Gasteiger partial charge in [0, 0.05) is 18.5 Å². The zero-order chi connectivity index (χ0) is 15.3. The highest BCUT2D eigenvalue weighted by atomic mass is 16.6. The molecule has 0 heterocycles. The molecule has 116 valence electrons. The Hall–Kier alpha value is -1.26. The smallest absolute Gasteiger partial charge is 0.407 e. The number of rotatable bonds is 4. The van der Waals surface area contributed by atoms with Gasteiger partial charge < -0.3 is 15.4 Å². The maximum atomic E-state index is 11.8. The van der Waals surface area contributed by atoms with Crippen LogP contribution in [0.25, 0.3) is 0 Å². The van der Waals surface area contributed by atoms with E-state index in [-0.39, 0.29) is 24.0 Å². The SMILES string of the molecule is CC(C)C(=O)NCC1CCCC1NC(=O)OC(C)(C)C. The van der Waals surface area contributed by atoms with Crippen LogP contribution >= 0.6 is 0 Å². The fourth-order valence-electron chi connectivity index (χ4n) is 2.37. The van der Waals surface area contributed by atoms with Crippen molar-refractivity contribution in [3.63, 3.8) is 0 Å². The summed E-state index contributed by atoms with van der Waals surface area (Å²) in [5, 5.41) is 5.87. The largest absolute Gasteiger partial charge is 0.444 e. The van der Waals surface area contributed by atoms with Gasteiger partial charge in [0.2, 0.25) is 5.91 Å². The Morgan fingerprint density at radius 1 is 1.25 bits per heavy atom. The lowest BCUT2D eigenvalue weighted by Gasteiger charge is -2.25. The van der Waals surface area contributed by atoms with Crippen LogP contribution in [-0.4, -0.2) is 30.2 Å². The van der Waals surface area contributed by atoms with Crippen molar-refractivity contribution < 1.29 is 14.3 Å². The van der Waals surface area contributed by atoms with Crippen LogP contribution in [0.3, 0.4) is 0 Å². The summed E-state index contributed by atoms with van der Waals surface area (Å²) >= 11 is 0. The second-order valence-electron chi connectivity index (χ2n) is 6.84. The molecule has 2 N–H and O–H groups in total. The van der Waals surface area contributed by atoms with Crippen LogP contribution in [0.4, 0.5) is 4.79 Å². The number of nitrogens with one attached hydrogen (secondary N) is 2.